The molecule has 0 spiro atoms. The second kappa shape index (κ2) is 10.4. The number of hydrogen-bond acceptors (Lipinski definition) is 0. The van der Waals surface area contributed by atoms with Gasteiger partial charge in [-0.2, -0.15) is 0 Å². The molecule has 2 aliphatic rings. The van der Waals surface area contributed by atoms with Gasteiger partial charge in [-0.05, 0) is 0 Å². The van der Waals surface area contributed by atoms with Crippen LogP contribution in [0.3, 0.4) is 0 Å². The summed E-state index contributed by atoms with van der Waals surface area (Å²) in [7, 11) is 0. The van der Waals surface area contributed by atoms with Crippen molar-refractivity contribution in [2.45, 2.75) is 34.9 Å². The van der Waals surface area contributed by atoms with Crippen molar-refractivity contribution in [1.29, 1.82) is 0 Å². The summed E-state index contributed by atoms with van der Waals surface area (Å²) in [6.45, 7) is 9.11. The van der Waals surface area contributed by atoms with E-state index < -0.39 is 21.8 Å². The number of alkyl halides is 1. The molecule has 6 aromatic rings. The van der Waals surface area contributed by atoms with Crippen LogP contribution in [-0.4, -0.2) is 12.7 Å². The van der Waals surface area contributed by atoms with Crippen molar-refractivity contribution in [3.8, 4) is 0 Å². The Kier molecular flexibility index (Phi) is 6.55. The van der Waals surface area contributed by atoms with E-state index in [0.717, 1.165) is 3.59 Å². The predicted molar refractivity (Wildman–Crippen MR) is 180 cm³/mol. The van der Waals surface area contributed by atoms with Gasteiger partial charge >= 0.3 is 268 Å². The number of nitrogens with zero attached hydrogens (tertiary/aromatic N) is 2. The molecule has 0 saturated heterocycles. The Morgan fingerprint density at radius 2 is 0.953 bits per heavy atom. The molecule has 0 radical (unpaired) electrons. The zero-order chi connectivity index (χ0) is 29.4. The maximum absolute atomic E-state index is 7.31. The van der Waals surface area contributed by atoms with Crippen molar-refractivity contribution in [3.63, 3.8) is 0 Å². The monoisotopic (exact) mass is 655 g/mol. The Hall–Kier alpha value is -3.39. The molecule has 0 saturated carbocycles. The molecule has 2 nitrogen and oxygen atoms in total. The summed E-state index contributed by atoms with van der Waals surface area (Å²) in [6.07, 6.45) is 4.94. The van der Waals surface area contributed by atoms with Gasteiger partial charge in [0.15, 0.2) is 0 Å². The molecule has 211 valence electrons. The minimum absolute atomic E-state index is 0.327. The molecule has 43 heavy (non-hydrogen) atoms. The van der Waals surface area contributed by atoms with Gasteiger partial charge in [-0.1, -0.05) is 0 Å². The fraction of sp³-hybridized carbons (Fsp3) is 0.179. The van der Waals surface area contributed by atoms with Crippen LogP contribution in [0.25, 0.3) is 45.4 Å². The van der Waals surface area contributed by atoms with Gasteiger partial charge in [0.1, 0.15) is 0 Å². The minimum atomic E-state index is -2.67. The van der Waals surface area contributed by atoms with Crippen LogP contribution >= 0.6 is 11.6 Å². The molecule has 2 aliphatic carbocycles. The molecular formula is C39H34ClN2Zr. The van der Waals surface area contributed by atoms with Crippen molar-refractivity contribution < 1.29 is 21.8 Å². The first-order valence-electron chi connectivity index (χ1n) is 15.2. The molecule has 0 bridgehead atoms. The number of para-hydroxylation sites is 2. The van der Waals surface area contributed by atoms with Gasteiger partial charge in [-0.15, -0.1) is 0 Å². The van der Waals surface area contributed by atoms with Crippen LogP contribution in [0.5, 0.6) is 0 Å². The molecule has 2 atom stereocenters. The molecule has 2 heterocycles. The van der Waals surface area contributed by atoms with Crippen molar-refractivity contribution in [2.75, 3.05) is 3.59 Å². The van der Waals surface area contributed by atoms with Crippen LogP contribution in [0, 0.1) is 27.7 Å². The van der Waals surface area contributed by atoms with E-state index in [1.807, 2.05) is 0 Å². The van der Waals surface area contributed by atoms with Crippen LogP contribution in [0.4, 0.5) is 0 Å². The summed E-state index contributed by atoms with van der Waals surface area (Å²) >= 11 is 4.64. The first-order chi connectivity index (χ1) is 21.0. The Bertz CT molecular complexity index is 1990. The Balaban J connectivity index is 1.37. The van der Waals surface area contributed by atoms with E-state index in [-0.39, 0.29) is 0 Å². The summed E-state index contributed by atoms with van der Waals surface area (Å²) in [4.78, 5) is 0. The fourth-order valence-electron chi connectivity index (χ4n) is 7.83. The second-order valence-corrected chi connectivity index (χ2v) is 20.0. The van der Waals surface area contributed by atoms with Crippen molar-refractivity contribution in [2.24, 2.45) is 0 Å². The molecule has 0 fully saturated rings. The Morgan fingerprint density at radius 1 is 0.558 bits per heavy atom. The molecule has 2 unspecified atom stereocenters. The van der Waals surface area contributed by atoms with E-state index in [1.165, 1.54) is 78.0 Å². The van der Waals surface area contributed by atoms with Crippen LogP contribution in [0.15, 0.2) is 97.1 Å². The summed E-state index contributed by atoms with van der Waals surface area (Å²) in [5, 5.41) is 2.67. The topological polar surface area (TPSA) is 9.86 Å². The number of allylic oxidation sites excluding steroid dienone is 2. The number of aryl methyl sites for hydroxylation is 2. The summed E-state index contributed by atoms with van der Waals surface area (Å²) in [6, 6.07) is 35.9. The van der Waals surface area contributed by atoms with Gasteiger partial charge in [-0.3, -0.25) is 0 Å². The van der Waals surface area contributed by atoms with Crippen molar-refractivity contribution in [1.82, 2.24) is 9.13 Å². The third kappa shape index (κ3) is 3.94. The molecule has 2 aromatic heterocycles. The predicted octanol–water partition coefficient (Wildman–Crippen LogP) is 10.4. The van der Waals surface area contributed by atoms with Gasteiger partial charge in [0.25, 0.3) is 0 Å². The van der Waals surface area contributed by atoms with E-state index >= 15 is 0 Å². The van der Waals surface area contributed by atoms with E-state index in [4.69, 9.17) is 11.6 Å². The van der Waals surface area contributed by atoms with Crippen molar-refractivity contribution in [3.05, 3.63) is 142 Å². The molecule has 0 amide bonds. The van der Waals surface area contributed by atoms with E-state index in [1.54, 1.807) is 0 Å². The number of fused-ring (bicyclic) bond motifs is 4. The summed E-state index contributed by atoms with van der Waals surface area (Å²) < 4.78 is 6.52. The third-order valence-electron chi connectivity index (χ3n) is 10.1. The maximum atomic E-state index is 7.31. The molecule has 4 aromatic carbocycles. The number of benzene rings is 4. The van der Waals surface area contributed by atoms with E-state index in [2.05, 4.69) is 146 Å². The Morgan fingerprint density at radius 3 is 1.40 bits per heavy atom. The normalized spacial score (nSPS) is 17.3. The number of rotatable bonds is 5. The van der Waals surface area contributed by atoms with Crippen LogP contribution < -0.4 is 0 Å². The van der Waals surface area contributed by atoms with Crippen LogP contribution in [-0.2, 0) is 21.8 Å². The number of hydrogen-bond donors (Lipinski definition) is 0. The van der Waals surface area contributed by atoms with E-state index in [0.29, 0.717) is 7.25 Å². The second-order valence-electron chi connectivity index (χ2n) is 12.1. The number of halogens is 1. The average Bonchev–Trinajstić information content (AvgIpc) is 3.74. The van der Waals surface area contributed by atoms with Crippen LogP contribution in [0.1, 0.15) is 52.0 Å². The quantitative estimate of drug-likeness (QED) is 0.163. The molecule has 0 N–H and O–H groups in total. The zero-order valence-electron chi connectivity index (χ0n) is 25.0. The summed E-state index contributed by atoms with van der Waals surface area (Å²) in [5.41, 5.74) is 16.4. The van der Waals surface area contributed by atoms with E-state index in [9.17, 15) is 0 Å². The standard InChI is InChI=1S/2C19H16N.CH2Cl.Zr/c2*1-13-14(2)20(19-10-6-5-9-18(13)19)17-11-15-7-3-4-8-16(15)12-17;1-2;/h2*3-12H,1-2H3;1H2;. The van der Waals surface area contributed by atoms with Gasteiger partial charge in [0.05, 0.1) is 0 Å². The summed E-state index contributed by atoms with van der Waals surface area (Å²) in [5.74, 6) is 0. The molecule has 4 heteroatoms. The molecular weight excluding hydrogens is 623 g/mol. The molecule has 8 rings (SSSR count). The zero-order valence-corrected chi connectivity index (χ0v) is 28.2. The average molecular weight is 657 g/mol. The van der Waals surface area contributed by atoms with Crippen molar-refractivity contribution >= 4 is 57.0 Å². The van der Waals surface area contributed by atoms with Gasteiger partial charge in [0, 0.05) is 0 Å². The third-order valence-corrected chi connectivity index (χ3v) is 19.3. The first kappa shape index (κ1) is 27.2. The fourth-order valence-corrected chi connectivity index (χ4v) is 17.4. The Labute approximate surface area is 266 Å². The van der Waals surface area contributed by atoms with Gasteiger partial charge in [-0.25, -0.2) is 0 Å². The first-order valence-corrected chi connectivity index (χ1v) is 20.3. The van der Waals surface area contributed by atoms with Crippen LogP contribution in [0.2, 0.25) is 0 Å². The van der Waals surface area contributed by atoms with Gasteiger partial charge in [0.2, 0.25) is 0 Å². The SMILES string of the molecule is Cc1c(C)n(C2=Cc3ccccc3[CH]2[Zr]([CH2]Cl)[CH]2C(n3c(C)c(C)c4ccccc43)=Cc3ccccc32)c2ccccc12. The van der Waals surface area contributed by atoms with Gasteiger partial charge < -0.3 is 0 Å². The number of aromatic nitrogens is 2. The molecule has 0 aliphatic heterocycles.